The molecule has 0 bridgehead atoms. The molecule has 76 valence electrons. The second-order valence-corrected chi connectivity index (χ2v) is 3.50. The summed E-state index contributed by atoms with van der Waals surface area (Å²) in [5, 5.41) is 5.38. The third-order valence-electron chi connectivity index (χ3n) is 2.24. The molecule has 13 heavy (non-hydrogen) atoms. The molecule has 3 nitrogen and oxygen atoms in total. The zero-order chi connectivity index (χ0) is 10.1. The molecule has 0 aliphatic carbocycles. The lowest BCUT2D eigenvalue weighted by Gasteiger charge is -2.19. The van der Waals surface area contributed by atoms with Crippen molar-refractivity contribution in [2.75, 3.05) is 6.54 Å². The molecule has 0 radical (unpaired) electrons. The van der Waals surface area contributed by atoms with Crippen LogP contribution in [0.15, 0.2) is 0 Å². The minimum atomic E-state index is -3.28. The summed E-state index contributed by atoms with van der Waals surface area (Å²) in [6, 6.07) is -0.0929. The lowest BCUT2D eigenvalue weighted by Crippen LogP contribution is -2.47. The van der Waals surface area contributed by atoms with Crippen LogP contribution in [-0.4, -0.2) is 30.5 Å². The third-order valence-corrected chi connectivity index (χ3v) is 2.24. The summed E-state index contributed by atoms with van der Waals surface area (Å²) in [6.45, 7) is 3.24. The van der Waals surface area contributed by atoms with Gasteiger partial charge in [0.15, 0.2) is 0 Å². The highest BCUT2D eigenvalue weighted by Crippen LogP contribution is 2.14. The molecule has 1 saturated heterocycles. The van der Waals surface area contributed by atoms with Crippen molar-refractivity contribution in [2.24, 2.45) is 0 Å². The normalized spacial score (nSPS) is 28.9. The Kier molecular flexibility index (Phi) is 2.85. The van der Waals surface area contributed by atoms with Crippen LogP contribution in [0.4, 0.5) is 8.78 Å². The molecule has 1 aliphatic rings. The van der Waals surface area contributed by atoms with Crippen molar-refractivity contribution in [3.8, 4) is 0 Å². The van der Waals surface area contributed by atoms with Crippen molar-refractivity contribution in [2.45, 2.75) is 38.3 Å². The van der Waals surface area contributed by atoms with Crippen molar-refractivity contribution < 1.29 is 13.6 Å². The maximum atomic E-state index is 12.5. The van der Waals surface area contributed by atoms with E-state index in [4.69, 9.17) is 0 Å². The number of nitrogens with one attached hydrogen (secondary N) is 2. The van der Waals surface area contributed by atoms with E-state index in [1.807, 2.05) is 6.92 Å². The Balaban J connectivity index is 2.45. The van der Waals surface area contributed by atoms with Crippen molar-refractivity contribution in [1.82, 2.24) is 10.6 Å². The van der Waals surface area contributed by atoms with Crippen LogP contribution in [0.3, 0.4) is 0 Å². The maximum absolute atomic E-state index is 12.5. The van der Waals surface area contributed by atoms with Crippen LogP contribution in [-0.2, 0) is 4.79 Å². The molecule has 1 heterocycles. The number of hydrogen-bond acceptors (Lipinski definition) is 2. The van der Waals surface area contributed by atoms with Crippen LogP contribution in [0.2, 0.25) is 0 Å². The van der Waals surface area contributed by atoms with Gasteiger partial charge in [0, 0.05) is 19.0 Å². The number of halogens is 2. The number of carbonyl (C=O) groups is 1. The quantitative estimate of drug-likeness (QED) is 0.669. The second-order valence-electron chi connectivity index (χ2n) is 3.50. The summed E-state index contributed by atoms with van der Waals surface area (Å²) in [5.74, 6) is -4.46. The average Bonchev–Trinajstić information content (AvgIpc) is 2.34. The minimum absolute atomic E-state index is 0.0753. The third kappa shape index (κ3) is 2.62. The first-order valence-corrected chi connectivity index (χ1v) is 4.33. The van der Waals surface area contributed by atoms with Crippen molar-refractivity contribution in [3.05, 3.63) is 0 Å². The maximum Gasteiger partial charge on any atom is 0.321 e. The zero-order valence-electron chi connectivity index (χ0n) is 7.73. The first-order valence-electron chi connectivity index (χ1n) is 4.33. The van der Waals surface area contributed by atoms with Crippen molar-refractivity contribution in [3.63, 3.8) is 0 Å². The number of hydrogen-bond donors (Lipinski definition) is 2. The van der Waals surface area contributed by atoms with Gasteiger partial charge in [0.1, 0.15) is 0 Å². The Bertz CT molecular complexity index is 203. The summed E-state index contributed by atoms with van der Waals surface area (Å²) >= 11 is 0. The molecule has 2 N–H and O–H groups in total. The molecular weight excluding hydrogens is 178 g/mol. The molecule has 1 fully saturated rings. The zero-order valence-corrected chi connectivity index (χ0v) is 7.73. The van der Waals surface area contributed by atoms with E-state index in [0.717, 1.165) is 6.54 Å². The molecular formula is C8H14F2N2O. The van der Waals surface area contributed by atoms with Gasteiger partial charge in [0.2, 0.25) is 0 Å². The van der Waals surface area contributed by atoms with Gasteiger partial charge >= 0.3 is 5.92 Å². The van der Waals surface area contributed by atoms with Crippen LogP contribution in [0.5, 0.6) is 0 Å². The van der Waals surface area contributed by atoms with Gasteiger partial charge in [-0.15, -0.1) is 0 Å². The Morgan fingerprint density at radius 1 is 1.62 bits per heavy atom. The predicted octanol–water partition coefficient (Wildman–Crippen LogP) is 0.508. The summed E-state index contributed by atoms with van der Waals surface area (Å²) in [4.78, 5) is 10.9. The molecule has 0 spiro atoms. The number of amides is 1. The van der Waals surface area contributed by atoms with Gasteiger partial charge in [0.25, 0.3) is 5.91 Å². The topological polar surface area (TPSA) is 41.1 Å². The van der Waals surface area contributed by atoms with Crippen LogP contribution in [0.25, 0.3) is 0 Å². The molecule has 5 heteroatoms. The first-order chi connectivity index (χ1) is 5.91. The SMILES string of the molecule is CC1NCCC1NC(=O)C(C)(F)F. The number of alkyl halides is 2. The second kappa shape index (κ2) is 3.57. The lowest BCUT2D eigenvalue weighted by molar-refractivity contribution is -0.143. The standard InChI is InChI=1S/C8H14F2N2O/c1-5-6(3-4-11-5)12-7(13)8(2,9)10/h5-6,11H,3-4H2,1-2H3,(H,12,13). The molecule has 0 aromatic rings. The van der Waals surface area contributed by atoms with E-state index in [1.54, 1.807) is 0 Å². The van der Waals surface area contributed by atoms with Gasteiger partial charge in [0.05, 0.1) is 0 Å². The number of rotatable bonds is 2. The lowest BCUT2D eigenvalue weighted by atomic mass is 10.1. The van der Waals surface area contributed by atoms with E-state index in [1.165, 1.54) is 0 Å². The highest BCUT2D eigenvalue weighted by molar-refractivity contribution is 5.83. The summed E-state index contributed by atoms with van der Waals surface area (Å²) in [7, 11) is 0. The fraction of sp³-hybridized carbons (Fsp3) is 0.875. The fourth-order valence-electron chi connectivity index (χ4n) is 1.35. The smallest absolute Gasteiger partial charge is 0.321 e. The van der Waals surface area contributed by atoms with Crippen molar-refractivity contribution in [1.29, 1.82) is 0 Å². The molecule has 1 amide bonds. The highest BCUT2D eigenvalue weighted by Gasteiger charge is 2.35. The summed E-state index contributed by atoms with van der Waals surface area (Å²) in [5.41, 5.74) is 0. The highest BCUT2D eigenvalue weighted by atomic mass is 19.3. The Morgan fingerprint density at radius 2 is 2.23 bits per heavy atom. The molecule has 0 saturated carbocycles. The van der Waals surface area contributed by atoms with Gasteiger partial charge in [-0.1, -0.05) is 0 Å². The van der Waals surface area contributed by atoms with E-state index in [0.29, 0.717) is 13.3 Å². The Labute approximate surface area is 75.9 Å². The van der Waals surface area contributed by atoms with Gasteiger partial charge in [-0.2, -0.15) is 8.78 Å². The largest absolute Gasteiger partial charge is 0.347 e. The molecule has 1 rings (SSSR count). The van der Waals surface area contributed by atoms with E-state index < -0.39 is 11.8 Å². The van der Waals surface area contributed by atoms with Crippen LogP contribution >= 0.6 is 0 Å². The van der Waals surface area contributed by atoms with E-state index >= 15 is 0 Å². The number of carbonyl (C=O) groups excluding carboxylic acids is 1. The Hall–Kier alpha value is -0.710. The van der Waals surface area contributed by atoms with Crippen LogP contribution < -0.4 is 10.6 Å². The molecule has 0 aromatic heterocycles. The molecule has 2 atom stereocenters. The molecule has 0 aromatic carbocycles. The molecule has 1 aliphatic heterocycles. The van der Waals surface area contributed by atoms with E-state index in [2.05, 4.69) is 10.6 Å². The van der Waals surface area contributed by atoms with E-state index in [-0.39, 0.29) is 12.1 Å². The average molecular weight is 192 g/mol. The van der Waals surface area contributed by atoms with Crippen LogP contribution in [0.1, 0.15) is 20.3 Å². The van der Waals surface area contributed by atoms with Gasteiger partial charge < -0.3 is 10.6 Å². The van der Waals surface area contributed by atoms with Gasteiger partial charge in [-0.25, -0.2) is 0 Å². The summed E-state index contributed by atoms with van der Waals surface area (Å²) < 4.78 is 24.9. The summed E-state index contributed by atoms with van der Waals surface area (Å²) in [6.07, 6.45) is 0.711. The van der Waals surface area contributed by atoms with Crippen molar-refractivity contribution >= 4 is 5.91 Å². The fourth-order valence-corrected chi connectivity index (χ4v) is 1.35. The minimum Gasteiger partial charge on any atom is -0.347 e. The monoisotopic (exact) mass is 192 g/mol. The molecule has 2 unspecified atom stereocenters. The van der Waals surface area contributed by atoms with E-state index in [9.17, 15) is 13.6 Å². The Morgan fingerprint density at radius 3 is 2.62 bits per heavy atom. The van der Waals surface area contributed by atoms with Crippen LogP contribution in [0, 0.1) is 0 Å². The predicted molar refractivity (Wildman–Crippen MR) is 44.6 cm³/mol. The first kappa shape index (κ1) is 10.4. The van der Waals surface area contributed by atoms with Gasteiger partial charge in [-0.05, 0) is 19.9 Å². The van der Waals surface area contributed by atoms with Gasteiger partial charge in [-0.3, -0.25) is 4.79 Å².